The number of carbonyl (C=O) groups is 3. The highest BCUT2D eigenvalue weighted by Gasteiger charge is 2.44. The molecule has 1 aliphatic heterocycles. The van der Waals surface area contributed by atoms with Crippen molar-refractivity contribution in [3.8, 4) is 0 Å². The zero-order valence-corrected chi connectivity index (χ0v) is 14.5. The maximum Gasteiger partial charge on any atom is 0.324 e. The first-order chi connectivity index (χ1) is 11.5. The summed E-state index contributed by atoms with van der Waals surface area (Å²) in [4.78, 5) is 37.3. The van der Waals surface area contributed by atoms with Gasteiger partial charge in [-0.15, -0.1) is 0 Å². The number of hydrogen-bond acceptors (Lipinski definition) is 6. The van der Waals surface area contributed by atoms with E-state index >= 15 is 0 Å². The van der Waals surface area contributed by atoms with Crippen LogP contribution in [0.5, 0.6) is 0 Å². The lowest BCUT2D eigenvalue weighted by atomic mass is 9.88. The van der Waals surface area contributed by atoms with Crippen LogP contribution < -0.4 is 0 Å². The van der Waals surface area contributed by atoms with Gasteiger partial charge in [0.15, 0.2) is 5.78 Å². The Labute approximate surface area is 146 Å². The number of nitrogens with zero attached hydrogens (tertiary/aromatic N) is 1. The first-order valence-corrected chi connectivity index (χ1v) is 8.70. The summed E-state index contributed by atoms with van der Waals surface area (Å²) >= 11 is 4.29. The van der Waals surface area contributed by atoms with Crippen molar-refractivity contribution in [1.82, 2.24) is 4.31 Å². The molecule has 0 aromatic heterocycles. The molecule has 0 bridgehead atoms. The van der Waals surface area contributed by atoms with Crippen molar-refractivity contribution in [1.29, 1.82) is 0 Å². The van der Waals surface area contributed by atoms with Gasteiger partial charge in [-0.2, -0.15) is 0 Å². The van der Waals surface area contributed by atoms with Gasteiger partial charge in [-0.3, -0.25) is 14.4 Å². The van der Waals surface area contributed by atoms with E-state index in [0.29, 0.717) is 19.4 Å². The summed E-state index contributed by atoms with van der Waals surface area (Å²) in [6.45, 7) is 2.57. The second-order valence-corrected chi connectivity index (χ2v) is 6.86. The zero-order chi connectivity index (χ0) is 17.3. The predicted octanol–water partition coefficient (Wildman–Crippen LogP) is 2.10. The lowest BCUT2D eigenvalue weighted by molar-refractivity contribution is -0.149. The maximum atomic E-state index is 12.7. The Hall–Kier alpha value is -1.66. The van der Waals surface area contributed by atoms with Crippen LogP contribution in [0.3, 0.4) is 0 Å². The van der Waals surface area contributed by atoms with Crippen molar-refractivity contribution in [3.05, 3.63) is 35.4 Å². The molecule has 0 amide bonds. The molecular weight excluding hydrogens is 326 g/mol. The van der Waals surface area contributed by atoms with Crippen molar-refractivity contribution in [2.24, 2.45) is 11.8 Å². The van der Waals surface area contributed by atoms with Gasteiger partial charge in [0.1, 0.15) is 11.8 Å². The van der Waals surface area contributed by atoms with Crippen molar-refractivity contribution in [2.45, 2.75) is 32.2 Å². The molecule has 0 radical (unpaired) electrons. The van der Waals surface area contributed by atoms with Crippen LogP contribution in [0.15, 0.2) is 24.3 Å². The lowest BCUT2D eigenvalue weighted by Crippen LogP contribution is -2.39. The van der Waals surface area contributed by atoms with Crippen LogP contribution in [0.1, 0.15) is 35.7 Å². The van der Waals surface area contributed by atoms with E-state index < -0.39 is 17.9 Å². The summed E-state index contributed by atoms with van der Waals surface area (Å²) in [7, 11) is 0. The molecule has 0 N–H and O–H groups in total. The average Bonchev–Trinajstić information content (AvgIpc) is 3.09. The Balaban J connectivity index is 1.69. The number of Topliss-reactive ketones (excluding diaryl/α,β-unsaturated/α-hetero) is 2. The van der Waals surface area contributed by atoms with Crippen molar-refractivity contribution >= 4 is 30.4 Å². The van der Waals surface area contributed by atoms with Gasteiger partial charge in [0, 0.05) is 30.4 Å². The second-order valence-electron chi connectivity index (χ2n) is 6.35. The highest BCUT2D eigenvalue weighted by Crippen LogP contribution is 2.33. The second kappa shape index (κ2) is 7.07. The predicted molar refractivity (Wildman–Crippen MR) is 91.8 cm³/mol. The van der Waals surface area contributed by atoms with Gasteiger partial charge >= 0.3 is 5.97 Å². The first kappa shape index (κ1) is 17.2. The highest BCUT2D eigenvalue weighted by molar-refractivity contribution is 7.77. The highest BCUT2D eigenvalue weighted by atomic mass is 32.1. The molecule has 24 heavy (non-hydrogen) atoms. The van der Waals surface area contributed by atoms with E-state index in [9.17, 15) is 14.4 Å². The van der Waals surface area contributed by atoms with Gasteiger partial charge in [-0.05, 0) is 25.3 Å². The molecule has 1 heterocycles. The molecule has 3 atom stereocenters. The van der Waals surface area contributed by atoms with Crippen LogP contribution in [0.4, 0.5) is 0 Å². The largest absolute Gasteiger partial charge is 0.465 e. The van der Waals surface area contributed by atoms with Gasteiger partial charge in [-0.1, -0.05) is 37.1 Å². The minimum atomic E-state index is -0.653. The molecule has 2 aliphatic rings. The van der Waals surface area contributed by atoms with E-state index in [1.54, 1.807) is 11.2 Å². The Bertz CT molecular complexity index is 675. The van der Waals surface area contributed by atoms with Crippen molar-refractivity contribution in [3.63, 3.8) is 0 Å². The molecule has 128 valence electrons. The number of ether oxygens (including phenoxy) is 1. The molecule has 5 nitrogen and oxygen atoms in total. The Morgan fingerprint density at radius 3 is 2.79 bits per heavy atom. The molecule has 2 unspecified atom stereocenters. The van der Waals surface area contributed by atoms with Gasteiger partial charge < -0.3 is 4.74 Å². The molecule has 6 heteroatoms. The number of benzene rings is 1. The smallest absolute Gasteiger partial charge is 0.324 e. The van der Waals surface area contributed by atoms with E-state index in [1.807, 2.05) is 24.3 Å². The third-order valence-electron chi connectivity index (χ3n) is 4.88. The van der Waals surface area contributed by atoms with Crippen LogP contribution in [-0.4, -0.2) is 41.0 Å². The van der Waals surface area contributed by atoms with Crippen LogP contribution in [0.25, 0.3) is 0 Å². The summed E-state index contributed by atoms with van der Waals surface area (Å²) < 4.78 is 6.64. The SMILES string of the molecule is CCOC(=O)[C@@H]1C(C(=O)CC2Cc3ccccc3C2=O)CCN1S. The number of thiol groups is 1. The molecule has 0 spiro atoms. The first-order valence-electron chi connectivity index (χ1n) is 8.30. The molecule has 3 rings (SSSR count). The molecule has 1 aliphatic carbocycles. The lowest BCUT2D eigenvalue weighted by Gasteiger charge is -2.22. The summed E-state index contributed by atoms with van der Waals surface area (Å²) in [5.41, 5.74) is 1.73. The van der Waals surface area contributed by atoms with Crippen LogP contribution in [0, 0.1) is 11.8 Å². The molecule has 0 saturated carbocycles. The fraction of sp³-hybridized carbons (Fsp3) is 0.500. The topological polar surface area (TPSA) is 63.7 Å². The maximum absolute atomic E-state index is 12.7. The fourth-order valence-corrected chi connectivity index (χ4v) is 4.07. The number of fused-ring (bicyclic) bond motifs is 1. The number of rotatable bonds is 5. The minimum absolute atomic E-state index is 0.0346. The van der Waals surface area contributed by atoms with Gasteiger partial charge in [0.2, 0.25) is 0 Å². The normalized spacial score (nSPS) is 26.4. The Kier molecular flexibility index (Phi) is 5.06. The van der Waals surface area contributed by atoms with E-state index in [4.69, 9.17) is 4.74 Å². The monoisotopic (exact) mass is 347 g/mol. The molecule has 1 aromatic carbocycles. The number of ketones is 2. The molecular formula is C18H21NO4S. The number of hydrogen-bond donors (Lipinski definition) is 1. The molecule has 1 fully saturated rings. The fourth-order valence-electron chi connectivity index (χ4n) is 3.70. The number of carbonyl (C=O) groups excluding carboxylic acids is 3. The quantitative estimate of drug-likeness (QED) is 0.653. The van der Waals surface area contributed by atoms with E-state index in [-0.39, 0.29) is 30.5 Å². The van der Waals surface area contributed by atoms with E-state index in [1.165, 1.54) is 0 Å². The van der Waals surface area contributed by atoms with Crippen molar-refractivity contribution in [2.75, 3.05) is 13.2 Å². The Morgan fingerprint density at radius 1 is 1.33 bits per heavy atom. The summed E-state index contributed by atoms with van der Waals surface area (Å²) in [6.07, 6.45) is 1.34. The average molecular weight is 347 g/mol. The summed E-state index contributed by atoms with van der Waals surface area (Å²) in [6, 6.07) is 6.84. The standard InChI is InChI=1S/C18H21NO4S/c1-2-23-18(22)16-14(7-8-19(16)24)15(20)10-12-9-11-5-3-4-6-13(11)17(12)21/h3-6,12,14,16,24H,2,7-10H2,1H3/t12?,14?,16-/m0/s1. The van der Waals surface area contributed by atoms with Crippen LogP contribution in [0.2, 0.25) is 0 Å². The molecule has 1 saturated heterocycles. The van der Waals surface area contributed by atoms with Gasteiger partial charge in [-0.25, -0.2) is 4.31 Å². The third kappa shape index (κ3) is 3.13. The zero-order valence-electron chi connectivity index (χ0n) is 13.6. The minimum Gasteiger partial charge on any atom is -0.465 e. The number of esters is 1. The van der Waals surface area contributed by atoms with Gasteiger partial charge in [0.25, 0.3) is 0 Å². The van der Waals surface area contributed by atoms with Crippen molar-refractivity contribution < 1.29 is 19.1 Å². The molecule has 1 aromatic rings. The van der Waals surface area contributed by atoms with Crippen LogP contribution >= 0.6 is 12.8 Å². The summed E-state index contributed by atoms with van der Waals surface area (Å²) in [5.74, 6) is -1.18. The van der Waals surface area contributed by atoms with Crippen LogP contribution in [-0.2, 0) is 20.7 Å². The third-order valence-corrected chi connectivity index (χ3v) is 5.33. The Morgan fingerprint density at radius 2 is 2.08 bits per heavy atom. The summed E-state index contributed by atoms with van der Waals surface area (Å²) in [5, 5.41) is 0. The van der Waals surface area contributed by atoms with E-state index in [2.05, 4.69) is 12.8 Å². The van der Waals surface area contributed by atoms with Gasteiger partial charge in [0.05, 0.1) is 6.61 Å². The van der Waals surface area contributed by atoms with E-state index in [0.717, 1.165) is 11.1 Å².